The zero-order valence-electron chi connectivity index (χ0n) is 11.7. The van der Waals surface area contributed by atoms with Crippen LogP contribution in [-0.4, -0.2) is 23.3 Å². The number of aromatic nitrogens is 1. The number of nitrogens with zero attached hydrogens (tertiary/aromatic N) is 1. The number of rotatable bonds is 2. The van der Waals surface area contributed by atoms with E-state index in [0.717, 1.165) is 5.59 Å². The van der Waals surface area contributed by atoms with E-state index in [2.05, 4.69) is 34.6 Å². The largest absolute Gasteiger partial charge is 0.515 e. The summed E-state index contributed by atoms with van der Waals surface area (Å²) in [5.41, 5.74) is 0.418. The molecule has 2 heterocycles. The van der Waals surface area contributed by atoms with Crippen LogP contribution in [0.1, 0.15) is 56.3 Å². The van der Waals surface area contributed by atoms with Crippen LogP contribution >= 0.6 is 11.3 Å². The number of aryl methyl sites for hydroxylation is 1. The first kappa shape index (κ1) is 12.6. The molecule has 1 saturated heterocycles. The monoisotopic (exact) mass is 265 g/mol. The van der Waals surface area contributed by atoms with E-state index in [0.29, 0.717) is 5.92 Å². The molecule has 2 fully saturated rings. The molecular weight excluding hydrogens is 245 g/mol. The third-order valence-electron chi connectivity index (χ3n) is 4.25. The second kappa shape index (κ2) is 3.81. The van der Waals surface area contributed by atoms with Crippen molar-refractivity contribution in [3.05, 3.63) is 9.88 Å². The molecule has 18 heavy (non-hydrogen) atoms. The fraction of sp³-hybridized carbons (Fsp3) is 0.769. The topological polar surface area (TPSA) is 31.4 Å². The highest BCUT2D eigenvalue weighted by molar-refractivity contribution is 7.13. The van der Waals surface area contributed by atoms with Gasteiger partial charge in [-0.05, 0) is 47.5 Å². The Morgan fingerprint density at radius 3 is 2.22 bits per heavy atom. The lowest BCUT2D eigenvalue weighted by molar-refractivity contribution is 0.00578. The Morgan fingerprint density at radius 1 is 1.17 bits per heavy atom. The average molecular weight is 265 g/mol. The molecule has 1 aliphatic carbocycles. The van der Waals surface area contributed by atoms with E-state index in [4.69, 9.17) is 14.3 Å². The number of thiazole rings is 1. The summed E-state index contributed by atoms with van der Waals surface area (Å²) in [6, 6.07) is 0. The molecule has 0 amide bonds. The van der Waals surface area contributed by atoms with E-state index in [-0.39, 0.29) is 18.3 Å². The summed E-state index contributed by atoms with van der Waals surface area (Å²) in [6.45, 7) is 10.4. The van der Waals surface area contributed by atoms with Crippen molar-refractivity contribution in [2.24, 2.45) is 0 Å². The molecule has 0 aromatic carbocycles. The minimum atomic E-state index is -0.307. The number of hydrogen-bond acceptors (Lipinski definition) is 4. The van der Waals surface area contributed by atoms with E-state index < -0.39 is 0 Å². The molecule has 1 aliphatic heterocycles. The third-order valence-corrected chi connectivity index (χ3v) is 5.40. The lowest BCUT2D eigenvalue weighted by atomic mass is 9.84. The van der Waals surface area contributed by atoms with Crippen molar-refractivity contribution in [1.29, 1.82) is 0 Å². The van der Waals surface area contributed by atoms with Crippen LogP contribution in [0.3, 0.4) is 0 Å². The quantitative estimate of drug-likeness (QED) is 0.770. The van der Waals surface area contributed by atoms with E-state index in [9.17, 15) is 0 Å². The van der Waals surface area contributed by atoms with Gasteiger partial charge in [-0.25, -0.2) is 4.98 Å². The normalized spacial score (nSPS) is 25.7. The Balaban J connectivity index is 1.88. The van der Waals surface area contributed by atoms with Crippen LogP contribution in [0.15, 0.2) is 0 Å². The zero-order valence-corrected chi connectivity index (χ0v) is 12.6. The van der Waals surface area contributed by atoms with Gasteiger partial charge in [0.15, 0.2) is 0 Å². The molecule has 0 bridgehead atoms. The van der Waals surface area contributed by atoms with Crippen LogP contribution in [0.2, 0.25) is 0 Å². The Kier molecular flexibility index (Phi) is 2.67. The molecule has 1 aromatic heterocycles. The molecule has 3 nitrogen and oxygen atoms in total. The lowest BCUT2D eigenvalue weighted by Crippen LogP contribution is -2.41. The van der Waals surface area contributed by atoms with Gasteiger partial charge in [-0.2, -0.15) is 0 Å². The molecule has 3 rings (SSSR count). The van der Waals surface area contributed by atoms with Gasteiger partial charge in [0.2, 0.25) is 0 Å². The molecular formula is C13H20BNO2S. The van der Waals surface area contributed by atoms with Crippen LogP contribution in [0.5, 0.6) is 0 Å². The summed E-state index contributed by atoms with van der Waals surface area (Å²) >= 11 is 1.80. The smallest absolute Gasteiger partial charge is 0.398 e. The minimum Gasteiger partial charge on any atom is -0.398 e. The van der Waals surface area contributed by atoms with Crippen molar-refractivity contribution in [3.63, 3.8) is 0 Å². The van der Waals surface area contributed by atoms with Gasteiger partial charge in [-0.15, -0.1) is 11.3 Å². The first-order chi connectivity index (χ1) is 8.30. The van der Waals surface area contributed by atoms with E-state index >= 15 is 0 Å². The van der Waals surface area contributed by atoms with Gasteiger partial charge in [0, 0.05) is 10.8 Å². The maximum absolute atomic E-state index is 6.07. The van der Waals surface area contributed by atoms with Crippen molar-refractivity contribution in [2.45, 2.75) is 64.6 Å². The maximum Gasteiger partial charge on any atom is 0.515 e. The molecule has 1 aromatic rings. The van der Waals surface area contributed by atoms with Gasteiger partial charge >= 0.3 is 7.12 Å². The summed E-state index contributed by atoms with van der Waals surface area (Å²) in [5, 5.41) is 1.26. The summed E-state index contributed by atoms with van der Waals surface area (Å²) in [7, 11) is -0.307. The average Bonchev–Trinajstić information content (AvgIpc) is 2.96. The molecule has 0 N–H and O–H groups in total. The second-order valence-corrected chi connectivity index (χ2v) is 7.59. The summed E-state index contributed by atoms with van der Waals surface area (Å²) in [5.74, 6) is 0.699. The van der Waals surface area contributed by atoms with Gasteiger partial charge < -0.3 is 9.31 Å². The first-order valence-electron chi connectivity index (χ1n) is 6.63. The highest BCUT2D eigenvalue weighted by atomic mass is 32.1. The van der Waals surface area contributed by atoms with Gasteiger partial charge in [-0.1, -0.05) is 0 Å². The van der Waals surface area contributed by atoms with Crippen LogP contribution in [0, 0.1) is 6.92 Å². The molecule has 2 aliphatic rings. The Hall–Kier alpha value is -0.385. The van der Waals surface area contributed by atoms with E-state index in [1.807, 2.05) is 0 Å². The van der Waals surface area contributed by atoms with Gasteiger partial charge in [-0.3, -0.25) is 0 Å². The molecule has 5 heteroatoms. The predicted molar refractivity (Wildman–Crippen MR) is 74.5 cm³/mol. The summed E-state index contributed by atoms with van der Waals surface area (Å²) in [4.78, 5) is 5.99. The highest BCUT2D eigenvalue weighted by Crippen LogP contribution is 2.42. The van der Waals surface area contributed by atoms with Crippen molar-refractivity contribution in [3.8, 4) is 0 Å². The zero-order chi connectivity index (χ0) is 13.1. The second-order valence-electron chi connectivity index (χ2n) is 6.36. The Labute approximate surface area is 113 Å². The molecule has 0 spiro atoms. The van der Waals surface area contributed by atoms with Crippen molar-refractivity contribution in [2.75, 3.05) is 0 Å². The highest BCUT2D eigenvalue weighted by Gasteiger charge is 2.53. The van der Waals surface area contributed by atoms with Gasteiger partial charge in [0.05, 0.1) is 21.8 Å². The molecule has 0 atom stereocenters. The van der Waals surface area contributed by atoms with Crippen LogP contribution < -0.4 is 5.59 Å². The van der Waals surface area contributed by atoms with Crippen LogP contribution in [-0.2, 0) is 9.31 Å². The van der Waals surface area contributed by atoms with E-state index in [1.54, 1.807) is 11.3 Å². The van der Waals surface area contributed by atoms with Crippen molar-refractivity contribution >= 4 is 24.0 Å². The molecule has 98 valence electrons. The first-order valence-corrected chi connectivity index (χ1v) is 7.45. The fourth-order valence-electron chi connectivity index (χ4n) is 2.11. The van der Waals surface area contributed by atoms with Crippen LogP contribution in [0.4, 0.5) is 0 Å². The number of hydrogen-bond donors (Lipinski definition) is 0. The summed E-state index contributed by atoms with van der Waals surface area (Å²) < 4.78 is 12.1. The van der Waals surface area contributed by atoms with Crippen molar-refractivity contribution < 1.29 is 9.31 Å². The maximum atomic E-state index is 6.07. The molecule has 0 radical (unpaired) electrons. The molecule has 0 unspecified atom stereocenters. The van der Waals surface area contributed by atoms with Crippen molar-refractivity contribution in [1.82, 2.24) is 4.98 Å². The lowest BCUT2D eigenvalue weighted by Gasteiger charge is -2.32. The Morgan fingerprint density at radius 2 is 1.72 bits per heavy atom. The van der Waals surface area contributed by atoms with Gasteiger partial charge in [0.25, 0.3) is 0 Å². The minimum absolute atomic E-state index is 0.284. The van der Waals surface area contributed by atoms with Crippen LogP contribution in [0.25, 0.3) is 0 Å². The van der Waals surface area contributed by atoms with E-state index in [1.165, 1.54) is 22.7 Å². The third kappa shape index (κ3) is 1.93. The fourth-order valence-corrected chi connectivity index (χ4v) is 3.21. The van der Waals surface area contributed by atoms with Gasteiger partial charge in [0.1, 0.15) is 0 Å². The molecule has 1 saturated carbocycles. The standard InChI is InChI=1S/C13H20BNO2S/c1-8-10(15-11(18-8)9-6-7-9)14-16-12(2,3)13(4,5)17-14/h9H,6-7H2,1-5H3. The summed E-state index contributed by atoms with van der Waals surface area (Å²) in [6.07, 6.45) is 2.57. The Bertz CT molecular complexity index is 463. The predicted octanol–water partition coefficient (Wildman–Crippen LogP) is 2.63. The SMILES string of the molecule is Cc1sc(C2CC2)nc1B1OC(C)(C)C(C)(C)O1.